The average molecular weight is 765 g/mol. The number of azo groups is 3. The largest absolute Gasteiger partial charge is 0.478 e. The Hall–Kier alpha value is -4.53. The van der Waals surface area contributed by atoms with Crippen LogP contribution >= 0.6 is 0 Å². The Balaban J connectivity index is 1.50. The van der Waals surface area contributed by atoms with E-state index in [1.54, 1.807) is 6.92 Å². The standard InChI is InChI=1S/C31H29F9N8O5/c1-16(17-4-6-18(7-5-17)19(49)50)27(31(46-45-27)47-48-31)26-11-3-10-24(21(52)29(35,36)37)13-12-23(41-42-24,20(51)28(32,33)34)8-2-9-25(14-15-26,43-44-26)22(53)30(38,39)40/h4-7,16H,2-3,8-15H2,1H3,(H,49,50). The maximum absolute atomic E-state index is 14.1. The quantitative estimate of drug-likeness (QED) is 0.275. The molecular weight excluding hydrogens is 735 g/mol. The molecule has 53 heavy (non-hydrogen) atoms. The Morgan fingerprint density at radius 3 is 1.28 bits per heavy atom. The van der Waals surface area contributed by atoms with Gasteiger partial charge in [0.15, 0.2) is 5.54 Å². The van der Waals surface area contributed by atoms with E-state index in [0.717, 1.165) is 0 Å². The van der Waals surface area contributed by atoms with Gasteiger partial charge in [0.25, 0.3) is 17.3 Å². The first-order valence-corrected chi connectivity index (χ1v) is 16.4. The lowest BCUT2D eigenvalue weighted by Gasteiger charge is -2.54. The van der Waals surface area contributed by atoms with Gasteiger partial charge in [0.2, 0.25) is 0 Å². The number of carboxylic acid groups (broad SMARTS) is 1. The Kier molecular flexibility index (Phi) is 8.64. The number of nitrogens with zero attached hydrogens (tertiary/aromatic N) is 8. The molecule has 0 saturated heterocycles. The van der Waals surface area contributed by atoms with Gasteiger partial charge < -0.3 is 5.11 Å². The molecule has 1 aromatic rings. The molecule has 6 unspecified atom stereocenters. The second-order valence-electron chi connectivity index (χ2n) is 14.2. The zero-order valence-corrected chi connectivity index (χ0v) is 27.5. The Morgan fingerprint density at radius 1 is 0.566 bits per heavy atom. The van der Waals surface area contributed by atoms with E-state index < -0.39 is 145 Å². The molecule has 1 fully saturated rings. The summed E-state index contributed by atoms with van der Waals surface area (Å²) in [6, 6.07) is 5.42. The van der Waals surface area contributed by atoms with Crippen molar-refractivity contribution < 1.29 is 63.8 Å². The fraction of sp³-hybridized carbons (Fsp3) is 0.677. The molecular formula is C31H29F9N8O5. The number of rotatable bonds is 7. The third kappa shape index (κ3) is 5.86. The Bertz CT molecular complexity index is 1860. The predicted molar refractivity (Wildman–Crippen MR) is 157 cm³/mol. The van der Waals surface area contributed by atoms with E-state index in [4.69, 9.17) is 0 Å². The number of hydrogen-bond donors (Lipinski definition) is 1. The third-order valence-corrected chi connectivity index (χ3v) is 11.3. The van der Waals surface area contributed by atoms with Gasteiger partial charge in [0, 0.05) is 5.92 Å². The van der Waals surface area contributed by atoms with E-state index in [1.807, 2.05) is 0 Å². The van der Waals surface area contributed by atoms with E-state index in [9.17, 15) is 63.8 Å². The number of carbonyl (C=O) groups excluding carboxylic acids is 3. The normalized spacial score (nSPS) is 34.0. The number of ketones is 3. The molecule has 1 N–H and O–H groups in total. The Labute approximate surface area is 292 Å². The number of carboxylic acids is 1. The van der Waals surface area contributed by atoms with Crippen molar-refractivity contribution in [1.29, 1.82) is 0 Å². The first-order valence-electron chi connectivity index (χ1n) is 16.4. The van der Waals surface area contributed by atoms with Gasteiger partial charge in [-0.05, 0) is 81.9 Å². The number of halogens is 9. The lowest BCUT2D eigenvalue weighted by molar-refractivity contribution is -0.182. The molecule has 7 aliphatic heterocycles. The summed E-state index contributed by atoms with van der Waals surface area (Å²) < 4.78 is 126. The molecule has 1 spiro atoms. The maximum Gasteiger partial charge on any atom is 0.452 e. The van der Waals surface area contributed by atoms with E-state index in [0.29, 0.717) is 5.56 Å². The first-order chi connectivity index (χ1) is 24.4. The summed E-state index contributed by atoms with van der Waals surface area (Å²) in [6.07, 6.45) is -24.1. The highest BCUT2D eigenvalue weighted by Crippen LogP contribution is 2.66. The number of hydrogen-bond acceptors (Lipinski definition) is 12. The minimum Gasteiger partial charge on any atom is -0.478 e. The van der Waals surface area contributed by atoms with Crippen molar-refractivity contribution in [3.63, 3.8) is 0 Å². The van der Waals surface area contributed by atoms with Crippen molar-refractivity contribution in [3.8, 4) is 0 Å². The molecule has 0 aromatic heterocycles. The van der Waals surface area contributed by atoms with Gasteiger partial charge >= 0.3 is 30.3 Å². The summed E-state index contributed by atoms with van der Waals surface area (Å²) in [5, 5.41) is 41.1. The zero-order chi connectivity index (χ0) is 39.1. The summed E-state index contributed by atoms with van der Waals surface area (Å²) >= 11 is 0. The molecule has 4 bridgehead atoms. The highest BCUT2D eigenvalue weighted by molar-refractivity contribution is 5.96. The molecule has 22 heteroatoms. The van der Waals surface area contributed by atoms with Crippen molar-refractivity contribution in [2.75, 3.05) is 0 Å². The minimum atomic E-state index is -5.59. The van der Waals surface area contributed by atoms with E-state index in [-0.39, 0.29) is 5.56 Å². The number of alkyl halides is 9. The topological polar surface area (TPSA) is 187 Å². The lowest BCUT2D eigenvalue weighted by Crippen LogP contribution is -2.68. The molecule has 1 saturated carbocycles. The van der Waals surface area contributed by atoms with Gasteiger partial charge in [0.05, 0.1) is 5.56 Å². The van der Waals surface area contributed by atoms with Gasteiger partial charge in [-0.2, -0.15) is 65.1 Å². The third-order valence-electron chi connectivity index (χ3n) is 11.3. The number of carbonyl (C=O) groups is 4. The summed E-state index contributed by atoms with van der Waals surface area (Å²) in [6.45, 7) is 1.60. The van der Waals surface area contributed by atoms with Gasteiger partial charge in [-0.3, -0.25) is 14.4 Å². The van der Waals surface area contributed by atoms with Crippen LogP contribution in [0.15, 0.2) is 65.2 Å². The lowest BCUT2D eigenvalue weighted by atomic mass is 9.58. The zero-order valence-electron chi connectivity index (χ0n) is 27.5. The summed E-state index contributed by atoms with van der Waals surface area (Å²) in [7, 11) is 0. The molecule has 8 aliphatic rings. The summed E-state index contributed by atoms with van der Waals surface area (Å²) in [4.78, 5) is 50.2. The van der Waals surface area contributed by atoms with E-state index in [1.165, 1.54) is 24.3 Å². The van der Waals surface area contributed by atoms with Crippen molar-refractivity contribution in [1.82, 2.24) is 0 Å². The van der Waals surface area contributed by atoms with Crippen LogP contribution in [0.1, 0.15) is 93.0 Å². The number of benzene rings is 1. The highest BCUT2D eigenvalue weighted by atomic mass is 19.4. The van der Waals surface area contributed by atoms with Crippen LogP contribution in [-0.2, 0) is 14.4 Å². The summed E-state index contributed by atoms with van der Waals surface area (Å²) in [5.74, 6) is -11.1. The molecule has 0 amide bonds. The molecule has 9 rings (SSSR count). The second kappa shape index (κ2) is 12.0. The van der Waals surface area contributed by atoms with Gasteiger partial charge in [0.1, 0.15) is 22.2 Å². The van der Waals surface area contributed by atoms with Crippen LogP contribution in [-0.4, -0.2) is 80.4 Å². The van der Waals surface area contributed by atoms with Crippen molar-refractivity contribution >= 4 is 23.3 Å². The molecule has 286 valence electrons. The summed E-state index contributed by atoms with van der Waals surface area (Å²) in [5.41, 5.74) is -11.6. The van der Waals surface area contributed by atoms with Gasteiger partial charge in [-0.15, -0.1) is 15.3 Å². The molecule has 13 nitrogen and oxygen atoms in total. The second-order valence-corrected chi connectivity index (χ2v) is 14.2. The van der Waals surface area contributed by atoms with E-state index >= 15 is 0 Å². The molecule has 1 aliphatic carbocycles. The highest BCUT2D eigenvalue weighted by Gasteiger charge is 2.79. The maximum atomic E-state index is 14.1. The van der Waals surface area contributed by atoms with Crippen LogP contribution in [0.2, 0.25) is 0 Å². The molecule has 6 atom stereocenters. The molecule has 7 heterocycles. The van der Waals surface area contributed by atoms with Crippen LogP contribution in [0, 0.1) is 0 Å². The van der Waals surface area contributed by atoms with Crippen molar-refractivity contribution in [2.24, 2.45) is 40.9 Å². The van der Waals surface area contributed by atoms with Crippen molar-refractivity contribution in [2.45, 2.75) is 129 Å². The number of aromatic carboxylic acids is 1. The van der Waals surface area contributed by atoms with Gasteiger partial charge in [-0.1, -0.05) is 19.1 Å². The average Bonchev–Trinajstić information content (AvgIpc) is 3.91. The van der Waals surface area contributed by atoms with Crippen LogP contribution in [0.25, 0.3) is 0 Å². The molecule has 1 aromatic carbocycles. The van der Waals surface area contributed by atoms with Crippen LogP contribution in [0.5, 0.6) is 0 Å². The van der Waals surface area contributed by atoms with Crippen LogP contribution < -0.4 is 0 Å². The molecule has 0 radical (unpaired) electrons. The SMILES string of the molecule is CC(c1ccc(C(=O)O)cc1)C1(C23CCCC4(C(=O)C(F)(F)F)CCC(C(=O)C(F)(F)F)(CCCC(C(=O)C(F)(F)F)(CC2)N=N3)N=N4)N=NC12N=N2. The van der Waals surface area contributed by atoms with Crippen LogP contribution in [0.3, 0.4) is 0 Å². The fourth-order valence-corrected chi connectivity index (χ4v) is 8.35. The predicted octanol–water partition coefficient (Wildman–Crippen LogP) is 8.01. The monoisotopic (exact) mass is 764 g/mol. The van der Waals surface area contributed by atoms with Crippen molar-refractivity contribution in [3.05, 3.63) is 35.4 Å². The number of Topliss-reactive ketones (excluding diaryl/α,β-unsaturated/α-hetero) is 3. The minimum absolute atomic E-state index is 0.0908. The van der Waals surface area contributed by atoms with Gasteiger partial charge in [-0.25, -0.2) is 4.79 Å². The van der Waals surface area contributed by atoms with Crippen LogP contribution in [0.4, 0.5) is 39.5 Å². The smallest absolute Gasteiger partial charge is 0.452 e. The van der Waals surface area contributed by atoms with E-state index in [2.05, 4.69) is 40.9 Å². The Morgan fingerprint density at radius 2 is 0.962 bits per heavy atom. The first kappa shape index (κ1) is 38.2. The fourth-order valence-electron chi connectivity index (χ4n) is 8.35.